The van der Waals surface area contributed by atoms with Crippen LogP contribution in [0, 0.1) is 11.6 Å². The van der Waals surface area contributed by atoms with Crippen LogP contribution in [-0.4, -0.2) is 20.2 Å². The van der Waals surface area contributed by atoms with Crippen LogP contribution < -0.4 is 15.8 Å². The van der Waals surface area contributed by atoms with Crippen molar-refractivity contribution in [2.75, 3.05) is 14.2 Å². The Morgan fingerprint density at radius 2 is 2.00 bits per heavy atom. The minimum absolute atomic E-state index is 0.0955. The number of nitrogens with one attached hydrogen (secondary N) is 1. The Hall–Kier alpha value is -1.20. The molecule has 0 saturated carbocycles. The van der Waals surface area contributed by atoms with Gasteiger partial charge in [-0.05, 0) is 26.5 Å². The summed E-state index contributed by atoms with van der Waals surface area (Å²) in [6.45, 7) is 1.82. The fourth-order valence-electron chi connectivity index (χ4n) is 1.74. The first-order valence-corrected chi connectivity index (χ1v) is 5.45. The number of nitrogens with two attached hydrogens (primary N) is 1. The molecule has 0 bridgehead atoms. The molecule has 0 aliphatic carbocycles. The molecule has 0 amide bonds. The average molecular weight is 244 g/mol. The van der Waals surface area contributed by atoms with Gasteiger partial charge in [0, 0.05) is 23.7 Å². The maximum atomic E-state index is 13.8. The van der Waals surface area contributed by atoms with Crippen LogP contribution >= 0.6 is 0 Å². The van der Waals surface area contributed by atoms with E-state index < -0.39 is 11.6 Å². The quantitative estimate of drug-likeness (QED) is 0.832. The number of hydrogen-bond acceptors (Lipinski definition) is 3. The summed E-state index contributed by atoms with van der Waals surface area (Å²) in [7, 11) is 2.99. The molecule has 96 valence electrons. The van der Waals surface area contributed by atoms with Gasteiger partial charge in [-0.3, -0.25) is 0 Å². The molecule has 0 saturated heterocycles. The predicted octanol–water partition coefficient (Wildman–Crippen LogP) is 1.97. The first-order chi connectivity index (χ1) is 7.99. The van der Waals surface area contributed by atoms with Gasteiger partial charge in [0.2, 0.25) is 0 Å². The highest BCUT2D eigenvalue weighted by Gasteiger charge is 2.18. The Balaban J connectivity index is 3.07. The summed E-state index contributed by atoms with van der Waals surface area (Å²) < 4.78 is 32.0. The van der Waals surface area contributed by atoms with Crippen LogP contribution in [-0.2, 0) is 0 Å². The molecule has 0 fully saturated rings. The Labute approximate surface area is 100.0 Å². The molecule has 1 aromatic rings. The molecule has 17 heavy (non-hydrogen) atoms. The van der Waals surface area contributed by atoms with Gasteiger partial charge in [0.15, 0.2) is 11.6 Å². The van der Waals surface area contributed by atoms with Crippen molar-refractivity contribution in [3.05, 3.63) is 29.3 Å². The molecule has 2 atom stereocenters. The molecule has 0 heterocycles. The van der Waals surface area contributed by atoms with Crippen LogP contribution in [0.5, 0.6) is 5.75 Å². The number of hydrogen-bond donors (Lipinski definition) is 2. The Morgan fingerprint density at radius 1 is 1.35 bits per heavy atom. The van der Waals surface area contributed by atoms with Gasteiger partial charge in [-0.25, -0.2) is 8.78 Å². The summed E-state index contributed by atoms with van der Waals surface area (Å²) in [4.78, 5) is 0. The van der Waals surface area contributed by atoms with Gasteiger partial charge in [0.25, 0.3) is 0 Å². The predicted molar refractivity (Wildman–Crippen MR) is 63.0 cm³/mol. The van der Waals surface area contributed by atoms with E-state index in [0.717, 1.165) is 12.1 Å². The maximum absolute atomic E-state index is 13.8. The van der Waals surface area contributed by atoms with E-state index in [1.165, 1.54) is 7.11 Å². The summed E-state index contributed by atoms with van der Waals surface area (Å²) in [6.07, 6.45) is 0.527. The van der Waals surface area contributed by atoms with Crippen molar-refractivity contribution in [3.63, 3.8) is 0 Å². The van der Waals surface area contributed by atoms with Crippen molar-refractivity contribution in [1.82, 2.24) is 5.32 Å². The molecular formula is C12H18F2N2O. The topological polar surface area (TPSA) is 47.3 Å². The van der Waals surface area contributed by atoms with Crippen molar-refractivity contribution in [1.29, 1.82) is 0 Å². The maximum Gasteiger partial charge on any atom is 0.165 e. The molecule has 0 spiro atoms. The molecule has 1 aromatic carbocycles. The first-order valence-electron chi connectivity index (χ1n) is 5.45. The van der Waals surface area contributed by atoms with Gasteiger partial charge in [-0.15, -0.1) is 0 Å². The highest BCUT2D eigenvalue weighted by molar-refractivity contribution is 5.32. The number of halogens is 2. The van der Waals surface area contributed by atoms with Crippen LogP contribution in [0.2, 0.25) is 0 Å². The van der Waals surface area contributed by atoms with E-state index in [9.17, 15) is 8.78 Å². The molecule has 5 heteroatoms. The van der Waals surface area contributed by atoms with E-state index in [0.29, 0.717) is 6.42 Å². The second-order valence-electron chi connectivity index (χ2n) is 4.06. The van der Waals surface area contributed by atoms with E-state index in [1.807, 2.05) is 6.92 Å². The van der Waals surface area contributed by atoms with Crippen LogP contribution in [0.15, 0.2) is 12.1 Å². The molecule has 0 aromatic heterocycles. The van der Waals surface area contributed by atoms with Crippen molar-refractivity contribution in [3.8, 4) is 5.75 Å². The lowest BCUT2D eigenvalue weighted by Gasteiger charge is -2.20. The molecule has 0 aliphatic heterocycles. The molecule has 0 aliphatic rings. The fourth-order valence-corrected chi connectivity index (χ4v) is 1.74. The summed E-state index contributed by atoms with van der Waals surface area (Å²) in [5.41, 5.74) is 5.94. The second-order valence-corrected chi connectivity index (χ2v) is 4.06. The summed E-state index contributed by atoms with van der Waals surface area (Å²) in [5, 5.41) is 2.93. The van der Waals surface area contributed by atoms with Gasteiger partial charge in [-0.2, -0.15) is 0 Å². The standard InChI is InChI=1S/C12H18F2N2O/c1-7(15)4-11(16-2)8-5-10(14)12(17-3)6-9(8)13/h5-7,11,16H,4,15H2,1-3H3. The van der Waals surface area contributed by atoms with Crippen LogP contribution in [0.25, 0.3) is 0 Å². The van der Waals surface area contributed by atoms with E-state index in [-0.39, 0.29) is 23.4 Å². The molecule has 2 unspecified atom stereocenters. The highest BCUT2D eigenvalue weighted by Crippen LogP contribution is 2.27. The van der Waals surface area contributed by atoms with Gasteiger partial charge in [0.1, 0.15) is 5.82 Å². The summed E-state index contributed by atoms with van der Waals surface area (Å²) in [5.74, 6) is -1.17. The third-order valence-electron chi connectivity index (χ3n) is 2.60. The van der Waals surface area contributed by atoms with E-state index in [1.54, 1.807) is 7.05 Å². The molecule has 3 N–H and O–H groups in total. The van der Waals surface area contributed by atoms with Crippen molar-refractivity contribution in [2.24, 2.45) is 5.73 Å². The lowest BCUT2D eigenvalue weighted by molar-refractivity contribution is 0.379. The summed E-state index contributed by atoms with van der Waals surface area (Å²) >= 11 is 0. The minimum atomic E-state index is -0.575. The number of ether oxygens (including phenoxy) is 1. The monoisotopic (exact) mass is 244 g/mol. The van der Waals surface area contributed by atoms with Gasteiger partial charge < -0.3 is 15.8 Å². The largest absolute Gasteiger partial charge is 0.494 e. The zero-order valence-corrected chi connectivity index (χ0v) is 10.3. The first kappa shape index (κ1) is 13.9. The summed E-state index contributed by atoms with van der Waals surface area (Å²) in [6, 6.07) is 1.79. The van der Waals surface area contributed by atoms with Crippen molar-refractivity contribution >= 4 is 0 Å². The zero-order valence-electron chi connectivity index (χ0n) is 10.3. The van der Waals surface area contributed by atoms with Crippen LogP contribution in [0.1, 0.15) is 24.9 Å². The molecule has 3 nitrogen and oxygen atoms in total. The fraction of sp³-hybridized carbons (Fsp3) is 0.500. The minimum Gasteiger partial charge on any atom is -0.494 e. The molecule has 0 radical (unpaired) electrons. The molecule has 1 rings (SSSR count). The van der Waals surface area contributed by atoms with Crippen LogP contribution in [0.3, 0.4) is 0 Å². The Bertz CT molecular complexity index is 383. The number of benzene rings is 1. The van der Waals surface area contributed by atoms with Crippen molar-refractivity contribution in [2.45, 2.75) is 25.4 Å². The Morgan fingerprint density at radius 3 is 2.47 bits per heavy atom. The smallest absolute Gasteiger partial charge is 0.165 e. The Kier molecular flexibility index (Phi) is 4.84. The average Bonchev–Trinajstić information content (AvgIpc) is 2.28. The third kappa shape index (κ3) is 3.38. The van der Waals surface area contributed by atoms with Gasteiger partial charge in [0.05, 0.1) is 7.11 Å². The second kappa shape index (κ2) is 5.93. The van der Waals surface area contributed by atoms with Gasteiger partial charge in [-0.1, -0.05) is 0 Å². The van der Waals surface area contributed by atoms with Gasteiger partial charge >= 0.3 is 0 Å². The van der Waals surface area contributed by atoms with E-state index >= 15 is 0 Å². The lowest BCUT2D eigenvalue weighted by atomic mass is 9.99. The molecular weight excluding hydrogens is 226 g/mol. The number of methoxy groups -OCH3 is 1. The van der Waals surface area contributed by atoms with E-state index in [2.05, 4.69) is 5.32 Å². The van der Waals surface area contributed by atoms with Crippen molar-refractivity contribution < 1.29 is 13.5 Å². The zero-order chi connectivity index (χ0) is 13.0. The van der Waals surface area contributed by atoms with E-state index in [4.69, 9.17) is 10.5 Å². The lowest BCUT2D eigenvalue weighted by Crippen LogP contribution is -2.26. The highest BCUT2D eigenvalue weighted by atomic mass is 19.1. The normalized spacial score (nSPS) is 14.5. The number of rotatable bonds is 5. The SMILES string of the molecule is CNC(CC(C)N)c1cc(F)c(OC)cc1F. The van der Waals surface area contributed by atoms with Crippen LogP contribution in [0.4, 0.5) is 8.78 Å². The third-order valence-corrected chi connectivity index (χ3v) is 2.60.